The van der Waals surface area contributed by atoms with Crippen molar-refractivity contribution in [3.8, 4) is 5.75 Å². The third-order valence-corrected chi connectivity index (χ3v) is 7.47. The molecule has 1 fully saturated rings. The predicted octanol–water partition coefficient (Wildman–Crippen LogP) is 6.37. The lowest BCUT2D eigenvalue weighted by Gasteiger charge is -2.24. The van der Waals surface area contributed by atoms with Gasteiger partial charge in [0.15, 0.2) is 5.13 Å². The monoisotopic (exact) mass is 505 g/mol. The van der Waals surface area contributed by atoms with Crippen LogP contribution < -0.4 is 14.5 Å². The van der Waals surface area contributed by atoms with Gasteiger partial charge in [-0.05, 0) is 67.9 Å². The maximum atomic E-state index is 13.9. The molecule has 1 atom stereocenters. The van der Waals surface area contributed by atoms with E-state index in [2.05, 4.69) is 0 Å². The van der Waals surface area contributed by atoms with Crippen LogP contribution in [0.3, 0.4) is 0 Å². The fourth-order valence-electron chi connectivity index (χ4n) is 4.20. The molecule has 0 aliphatic carbocycles. The van der Waals surface area contributed by atoms with Crippen LogP contribution in [0.15, 0.2) is 66.7 Å². The summed E-state index contributed by atoms with van der Waals surface area (Å²) in [5.74, 6) is -0.0283. The first-order valence-electron chi connectivity index (χ1n) is 11.4. The number of para-hydroxylation sites is 1. The zero-order valence-electron chi connectivity index (χ0n) is 19.4. The third kappa shape index (κ3) is 4.61. The number of fused-ring (bicyclic) bond motifs is 1. The first-order chi connectivity index (χ1) is 16.9. The molecular formula is C27H24ClN3O3S. The van der Waals surface area contributed by atoms with E-state index >= 15 is 0 Å². The maximum absolute atomic E-state index is 13.9. The molecule has 1 saturated heterocycles. The van der Waals surface area contributed by atoms with Gasteiger partial charge in [-0.15, -0.1) is 0 Å². The average molecular weight is 506 g/mol. The molecule has 3 aromatic carbocycles. The number of anilines is 3. The van der Waals surface area contributed by atoms with Crippen LogP contribution >= 0.6 is 22.9 Å². The predicted molar refractivity (Wildman–Crippen MR) is 141 cm³/mol. The van der Waals surface area contributed by atoms with E-state index < -0.39 is 5.92 Å². The fourth-order valence-corrected chi connectivity index (χ4v) is 5.37. The molecule has 0 radical (unpaired) electrons. The molecule has 0 N–H and O–H groups in total. The number of hydrogen-bond donors (Lipinski definition) is 0. The molecule has 0 saturated carbocycles. The van der Waals surface area contributed by atoms with Gasteiger partial charge in [0.25, 0.3) is 0 Å². The Hall–Kier alpha value is -3.42. The lowest BCUT2D eigenvalue weighted by molar-refractivity contribution is -0.123. The number of benzene rings is 3. The van der Waals surface area contributed by atoms with Crippen LogP contribution in [0.25, 0.3) is 10.2 Å². The van der Waals surface area contributed by atoms with E-state index in [4.69, 9.17) is 21.3 Å². The van der Waals surface area contributed by atoms with Crippen LogP contribution in [0.4, 0.5) is 16.5 Å². The van der Waals surface area contributed by atoms with E-state index in [0.717, 1.165) is 27.2 Å². The van der Waals surface area contributed by atoms with Crippen molar-refractivity contribution in [1.82, 2.24) is 4.98 Å². The second kappa shape index (κ2) is 9.68. The summed E-state index contributed by atoms with van der Waals surface area (Å²) in [6.45, 7) is 4.71. The van der Waals surface area contributed by atoms with Crippen molar-refractivity contribution in [1.29, 1.82) is 0 Å². The second-order valence-corrected chi connectivity index (χ2v) is 9.82. The molecule has 1 aliphatic rings. The van der Waals surface area contributed by atoms with E-state index in [1.54, 1.807) is 15.9 Å². The molecule has 178 valence electrons. The minimum absolute atomic E-state index is 0.0845. The molecule has 5 rings (SSSR count). The number of nitrogens with zero attached hydrogens (tertiary/aromatic N) is 3. The first-order valence-corrected chi connectivity index (χ1v) is 12.6. The Kier molecular flexibility index (Phi) is 6.45. The summed E-state index contributed by atoms with van der Waals surface area (Å²) in [7, 11) is 0. The number of thiazole rings is 1. The summed E-state index contributed by atoms with van der Waals surface area (Å²) in [5, 5.41) is 1.13. The molecule has 2 heterocycles. The molecule has 4 aromatic rings. The minimum Gasteiger partial charge on any atom is -0.494 e. The van der Waals surface area contributed by atoms with Gasteiger partial charge in [-0.2, -0.15) is 0 Å². The highest BCUT2D eigenvalue weighted by Gasteiger charge is 2.39. The minimum atomic E-state index is -0.513. The van der Waals surface area contributed by atoms with E-state index in [1.807, 2.05) is 74.5 Å². The summed E-state index contributed by atoms with van der Waals surface area (Å²) >= 11 is 7.86. The van der Waals surface area contributed by atoms with Crippen LogP contribution in [0.1, 0.15) is 18.9 Å². The smallest absolute Gasteiger partial charge is 0.238 e. The highest BCUT2D eigenvalue weighted by molar-refractivity contribution is 7.22. The summed E-state index contributed by atoms with van der Waals surface area (Å²) in [6, 6.07) is 20.7. The van der Waals surface area contributed by atoms with Crippen LogP contribution in [0.5, 0.6) is 5.75 Å². The zero-order chi connectivity index (χ0) is 24.5. The van der Waals surface area contributed by atoms with Crippen molar-refractivity contribution in [2.75, 3.05) is 23.0 Å². The van der Waals surface area contributed by atoms with Gasteiger partial charge in [0.1, 0.15) is 5.75 Å². The summed E-state index contributed by atoms with van der Waals surface area (Å²) in [6.07, 6.45) is 0.132. The molecule has 1 aromatic heterocycles. The lowest BCUT2D eigenvalue weighted by atomic mass is 10.1. The van der Waals surface area contributed by atoms with Crippen molar-refractivity contribution in [3.05, 3.63) is 77.3 Å². The number of amides is 2. The van der Waals surface area contributed by atoms with Gasteiger partial charge in [-0.25, -0.2) is 4.98 Å². The number of carbonyl (C=O) groups is 2. The van der Waals surface area contributed by atoms with Crippen molar-refractivity contribution in [2.45, 2.75) is 20.3 Å². The van der Waals surface area contributed by atoms with Crippen LogP contribution in [0.2, 0.25) is 5.02 Å². The molecule has 35 heavy (non-hydrogen) atoms. The maximum Gasteiger partial charge on any atom is 0.238 e. The summed E-state index contributed by atoms with van der Waals surface area (Å²) in [4.78, 5) is 34.9. The Labute approximate surface area is 212 Å². The number of hydrogen-bond acceptors (Lipinski definition) is 5. The lowest BCUT2D eigenvalue weighted by Crippen LogP contribution is -2.34. The molecular weight excluding hydrogens is 482 g/mol. The van der Waals surface area contributed by atoms with Gasteiger partial charge < -0.3 is 9.64 Å². The van der Waals surface area contributed by atoms with Crippen LogP contribution in [-0.4, -0.2) is 29.9 Å². The number of carbonyl (C=O) groups excluding carboxylic acids is 2. The third-order valence-electron chi connectivity index (χ3n) is 6.04. The summed E-state index contributed by atoms with van der Waals surface area (Å²) < 4.78 is 6.48. The SMILES string of the molecule is CCOc1ccc(N2C[C@H](C(=O)N(c3ccc(C)c(Cl)c3)c3nc4ccccc4s3)CC2=O)cc1. The Morgan fingerprint density at radius 2 is 1.94 bits per heavy atom. The Morgan fingerprint density at radius 3 is 2.66 bits per heavy atom. The molecule has 1 aliphatic heterocycles. The molecule has 6 nitrogen and oxygen atoms in total. The standard InChI is InChI=1S/C27H24ClN3O3S/c1-3-34-21-12-10-19(11-13-21)30-16-18(14-25(30)32)26(33)31(20-9-8-17(2)22(28)15-20)27-29-23-6-4-5-7-24(23)35-27/h4-13,15,18H,3,14,16H2,1-2H3/t18-/m1/s1. The Morgan fingerprint density at radius 1 is 1.17 bits per heavy atom. The summed E-state index contributed by atoms with van der Waals surface area (Å²) in [5.41, 5.74) is 3.13. The highest BCUT2D eigenvalue weighted by atomic mass is 35.5. The number of rotatable bonds is 6. The van der Waals surface area contributed by atoms with E-state index in [1.165, 1.54) is 11.3 Å². The van der Waals surface area contributed by atoms with E-state index in [0.29, 0.717) is 29.0 Å². The van der Waals surface area contributed by atoms with Gasteiger partial charge in [-0.3, -0.25) is 14.5 Å². The van der Waals surface area contributed by atoms with Crippen LogP contribution in [-0.2, 0) is 9.59 Å². The normalized spacial score (nSPS) is 15.6. The Bertz CT molecular complexity index is 1370. The van der Waals surface area contributed by atoms with Gasteiger partial charge in [0, 0.05) is 23.7 Å². The highest BCUT2D eigenvalue weighted by Crippen LogP contribution is 2.38. The van der Waals surface area contributed by atoms with E-state index in [-0.39, 0.29) is 18.2 Å². The molecule has 0 spiro atoms. The number of aryl methyl sites for hydroxylation is 1. The van der Waals surface area contributed by atoms with Crippen molar-refractivity contribution >= 4 is 61.5 Å². The molecule has 8 heteroatoms. The van der Waals surface area contributed by atoms with Crippen molar-refractivity contribution in [3.63, 3.8) is 0 Å². The topological polar surface area (TPSA) is 62.7 Å². The van der Waals surface area contributed by atoms with Crippen molar-refractivity contribution < 1.29 is 14.3 Å². The van der Waals surface area contributed by atoms with Gasteiger partial charge in [0.2, 0.25) is 11.8 Å². The van der Waals surface area contributed by atoms with Gasteiger partial charge in [-0.1, -0.05) is 41.1 Å². The number of ether oxygens (including phenoxy) is 1. The molecule has 0 unspecified atom stereocenters. The quantitative estimate of drug-likeness (QED) is 0.305. The average Bonchev–Trinajstić information content (AvgIpc) is 3.45. The van der Waals surface area contributed by atoms with Crippen LogP contribution in [0, 0.1) is 12.8 Å². The number of aromatic nitrogens is 1. The zero-order valence-corrected chi connectivity index (χ0v) is 21.0. The van der Waals surface area contributed by atoms with Crippen molar-refractivity contribution in [2.24, 2.45) is 5.92 Å². The molecule has 0 bridgehead atoms. The fraction of sp³-hybridized carbons (Fsp3) is 0.222. The number of halogens is 1. The van der Waals surface area contributed by atoms with Gasteiger partial charge in [0.05, 0.1) is 28.4 Å². The molecule has 2 amide bonds. The second-order valence-electron chi connectivity index (χ2n) is 8.40. The first kappa shape index (κ1) is 23.3. The Balaban J connectivity index is 1.47. The largest absolute Gasteiger partial charge is 0.494 e. The van der Waals surface area contributed by atoms with Gasteiger partial charge >= 0.3 is 0 Å². The van der Waals surface area contributed by atoms with E-state index in [9.17, 15) is 9.59 Å².